The Morgan fingerprint density at radius 2 is 1.94 bits per heavy atom. The lowest BCUT2D eigenvalue weighted by Crippen LogP contribution is -2.40. The lowest BCUT2D eigenvalue weighted by atomic mass is 10.3. The number of carbonyl (C=O) groups is 2. The van der Waals surface area contributed by atoms with Gasteiger partial charge in [-0.15, -0.1) is 12.4 Å². The van der Waals surface area contributed by atoms with Crippen molar-refractivity contribution in [1.29, 1.82) is 0 Å². The fraction of sp³-hybridized carbons (Fsp3) is 0.800. The van der Waals surface area contributed by atoms with Crippen molar-refractivity contribution >= 4 is 24.2 Å². The molecule has 0 saturated carbocycles. The largest absolute Gasteiger partial charge is 0.352 e. The third-order valence-electron chi connectivity index (χ3n) is 1.85. The molecule has 0 spiro atoms. The van der Waals surface area contributed by atoms with Gasteiger partial charge in [0.1, 0.15) is 0 Å². The number of nitrogens with two attached hydrogens (primary N) is 1. The van der Waals surface area contributed by atoms with Crippen LogP contribution in [-0.4, -0.2) is 42.9 Å². The van der Waals surface area contributed by atoms with Gasteiger partial charge in [-0.3, -0.25) is 9.59 Å². The second kappa shape index (κ2) is 9.42. The van der Waals surface area contributed by atoms with Crippen LogP contribution in [-0.2, 0) is 9.59 Å². The minimum Gasteiger partial charge on any atom is -0.352 e. The van der Waals surface area contributed by atoms with Crippen LogP contribution in [0.15, 0.2) is 0 Å². The SMILES string of the molecule is CC(C)NC(=O)CN(C)C(=O)CCCN.Cl. The number of carbonyl (C=O) groups excluding carboxylic acids is 2. The Balaban J connectivity index is 0. The molecule has 5 nitrogen and oxygen atoms in total. The lowest BCUT2D eigenvalue weighted by Gasteiger charge is -2.17. The summed E-state index contributed by atoms with van der Waals surface area (Å²) < 4.78 is 0. The Hall–Kier alpha value is -0.810. The van der Waals surface area contributed by atoms with E-state index in [9.17, 15) is 9.59 Å². The highest BCUT2D eigenvalue weighted by Crippen LogP contribution is 1.94. The van der Waals surface area contributed by atoms with E-state index in [1.54, 1.807) is 7.05 Å². The quantitative estimate of drug-likeness (QED) is 0.705. The zero-order valence-electron chi connectivity index (χ0n) is 10.2. The smallest absolute Gasteiger partial charge is 0.239 e. The number of nitrogens with zero attached hydrogens (tertiary/aromatic N) is 1. The fourth-order valence-electron chi connectivity index (χ4n) is 1.12. The summed E-state index contributed by atoms with van der Waals surface area (Å²) in [6, 6.07) is 0.102. The molecule has 0 bridgehead atoms. The van der Waals surface area contributed by atoms with E-state index in [2.05, 4.69) is 5.32 Å². The monoisotopic (exact) mass is 251 g/mol. The molecule has 3 N–H and O–H groups in total. The minimum atomic E-state index is -0.131. The number of nitrogens with one attached hydrogen (secondary N) is 1. The first-order valence-corrected chi connectivity index (χ1v) is 5.20. The summed E-state index contributed by atoms with van der Waals surface area (Å²) in [6.45, 7) is 4.38. The number of hydrogen-bond donors (Lipinski definition) is 2. The van der Waals surface area contributed by atoms with Crippen molar-refractivity contribution in [2.24, 2.45) is 5.73 Å². The van der Waals surface area contributed by atoms with Crippen molar-refractivity contribution in [3.63, 3.8) is 0 Å². The van der Waals surface area contributed by atoms with E-state index in [0.717, 1.165) is 0 Å². The summed E-state index contributed by atoms with van der Waals surface area (Å²) in [7, 11) is 1.62. The highest BCUT2D eigenvalue weighted by Gasteiger charge is 2.12. The predicted octanol–water partition coefficient (Wildman–Crippen LogP) is 0.130. The molecule has 0 aromatic rings. The van der Waals surface area contributed by atoms with Crippen LogP contribution in [0, 0.1) is 0 Å². The van der Waals surface area contributed by atoms with E-state index in [1.807, 2.05) is 13.8 Å². The zero-order chi connectivity index (χ0) is 11.8. The Bertz CT molecular complexity index is 222. The van der Waals surface area contributed by atoms with Gasteiger partial charge in [-0.2, -0.15) is 0 Å². The molecule has 0 aliphatic heterocycles. The van der Waals surface area contributed by atoms with E-state index in [1.165, 1.54) is 4.90 Å². The van der Waals surface area contributed by atoms with Gasteiger partial charge in [-0.1, -0.05) is 0 Å². The van der Waals surface area contributed by atoms with Crippen molar-refractivity contribution in [3.8, 4) is 0 Å². The highest BCUT2D eigenvalue weighted by molar-refractivity contribution is 5.85. The molecule has 96 valence electrons. The van der Waals surface area contributed by atoms with E-state index >= 15 is 0 Å². The molecule has 0 heterocycles. The van der Waals surface area contributed by atoms with Crippen LogP contribution < -0.4 is 11.1 Å². The van der Waals surface area contributed by atoms with Crippen molar-refractivity contribution in [2.75, 3.05) is 20.1 Å². The number of rotatable bonds is 6. The lowest BCUT2D eigenvalue weighted by molar-refractivity contribution is -0.134. The maximum absolute atomic E-state index is 11.4. The first-order chi connectivity index (χ1) is 6.97. The molecule has 0 saturated heterocycles. The molecular weight excluding hydrogens is 230 g/mol. The van der Waals surface area contributed by atoms with Gasteiger partial charge in [0.25, 0.3) is 0 Å². The molecule has 2 amide bonds. The predicted molar refractivity (Wildman–Crippen MR) is 66.5 cm³/mol. The minimum absolute atomic E-state index is 0. The van der Waals surface area contributed by atoms with Gasteiger partial charge in [0.15, 0.2) is 0 Å². The van der Waals surface area contributed by atoms with Gasteiger partial charge in [0, 0.05) is 19.5 Å². The van der Waals surface area contributed by atoms with E-state index in [-0.39, 0.29) is 36.8 Å². The molecule has 0 unspecified atom stereocenters. The standard InChI is InChI=1S/C10H21N3O2.ClH/c1-8(2)12-9(14)7-13(3)10(15)5-4-6-11;/h8H,4-7,11H2,1-3H3,(H,12,14);1H. The van der Waals surface area contributed by atoms with Crippen LogP contribution in [0.5, 0.6) is 0 Å². The Labute approximate surface area is 103 Å². The van der Waals surface area contributed by atoms with Crippen LogP contribution in [0.2, 0.25) is 0 Å². The summed E-state index contributed by atoms with van der Waals surface area (Å²) in [5.41, 5.74) is 5.29. The Morgan fingerprint density at radius 3 is 2.38 bits per heavy atom. The maximum Gasteiger partial charge on any atom is 0.239 e. The normalized spacial score (nSPS) is 9.56. The number of amides is 2. The average molecular weight is 252 g/mol. The summed E-state index contributed by atoms with van der Waals surface area (Å²) >= 11 is 0. The number of hydrogen-bond acceptors (Lipinski definition) is 3. The Morgan fingerprint density at radius 1 is 1.38 bits per heavy atom. The van der Waals surface area contributed by atoms with E-state index in [4.69, 9.17) is 5.73 Å². The molecule has 0 rings (SSSR count). The van der Waals surface area contributed by atoms with Crippen molar-refractivity contribution in [2.45, 2.75) is 32.7 Å². The van der Waals surface area contributed by atoms with E-state index < -0.39 is 0 Å². The van der Waals surface area contributed by atoms with E-state index in [0.29, 0.717) is 19.4 Å². The summed E-state index contributed by atoms with van der Waals surface area (Å²) in [5, 5.41) is 2.73. The molecule has 0 aliphatic rings. The second-order valence-electron chi connectivity index (χ2n) is 3.86. The second-order valence-corrected chi connectivity index (χ2v) is 3.86. The van der Waals surface area contributed by atoms with Crippen LogP contribution in [0.3, 0.4) is 0 Å². The van der Waals surface area contributed by atoms with Gasteiger partial charge in [-0.25, -0.2) is 0 Å². The van der Waals surface area contributed by atoms with Crippen LogP contribution in [0.1, 0.15) is 26.7 Å². The molecule has 0 aromatic carbocycles. The van der Waals surface area contributed by atoms with Crippen molar-refractivity contribution in [3.05, 3.63) is 0 Å². The molecule has 0 radical (unpaired) electrons. The van der Waals surface area contributed by atoms with Crippen molar-refractivity contribution in [1.82, 2.24) is 10.2 Å². The molecule has 0 atom stereocenters. The van der Waals surface area contributed by atoms with Gasteiger partial charge in [0.05, 0.1) is 6.54 Å². The summed E-state index contributed by atoms with van der Waals surface area (Å²) in [6.07, 6.45) is 1.07. The summed E-state index contributed by atoms with van der Waals surface area (Å²) in [5.74, 6) is -0.173. The number of halogens is 1. The maximum atomic E-state index is 11.4. The number of likely N-dealkylation sites (N-methyl/N-ethyl adjacent to an activating group) is 1. The molecule has 0 fully saturated rings. The van der Waals surface area contributed by atoms with Gasteiger partial charge in [-0.05, 0) is 26.8 Å². The van der Waals surface area contributed by atoms with Crippen LogP contribution in [0.4, 0.5) is 0 Å². The zero-order valence-corrected chi connectivity index (χ0v) is 11.0. The first kappa shape index (κ1) is 17.6. The Kier molecular flexibility index (Phi) is 10.3. The van der Waals surface area contributed by atoms with Gasteiger partial charge < -0.3 is 16.0 Å². The van der Waals surface area contributed by atoms with Crippen LogP contribution >= 0.6 is 12.4 Å². The topological polar surface area (TPSA) is 75.4 Å². The molecule has 0 aliphatic carbocycles. The fourth-order valence-corrected chi connectivity index (χ4v) is 1.12. The average Bonchev–Trinajstić information content (AvgIpc) is 2.12. The molecule has 6 heteroatoms. The third kappa shape index (κ3) is 8.49. The van der Waals surface area contributed by atoms with Gasteiger partial charge >= 0.3 is 0 Å². The summed E-state index contributed by atoms with van der Waals surface area (Å²) in [4.78, 5) is 24.1. The molecular formula is C10H22ClN3O2. The molecule has 0 aromatic heterocycles. The van der Waals surface area contributed by atoms with Crippen molar-refractivity contribution < 1.29 is 9.59 Å². The molecule has 16 heavy (non-hydrogen) atoms. The van der Waals surface area contributed by atoms with Crippen LogP contribution in [0.25, 0.3) is 0 Å². The third-order valence-corrected chi connectivity index (χ3v) is 1.85. The highest BCUT2D eigenvalue weighted by atomic mass is 35.5. The first-order valence-electron chi connectivity index (χ1n) is 5.20. The van der Waals surface area contributed by atoms with Gasteiger partial charge in [0.2, 0.25) is 11.8 Å².